The Morgan fingerprint density at radius 1 is 0.840 bits per heavy atom. The smallest absolute Gasteiger partial charge is 0.308 e. The molecule has 0 aliphatic heterocycles. The van der Waals surface area contributed by atoms with E-state index in [1.165, 1.54) is 38.5 Å². The van der Waals surface area contributed by atoms with Crippen molar-refractivity contribution in [2.24, 2.45) is 5.92 Å². The highest BCUT2D eigenvalue weighted by Crippen LogP contribution is 2.13. The average molecular weight is 357 g/mol. The van der Waals surface area contributed by atoms with Crippen LogP contribution in [0.3, 0.4) is 0 Å². The molecular weight excluding hydrogens is 316 g/mol. The summed E-state index contributed by atoms with van der Waals surface area (Å²) in [6.45, 7) is 1.93. The fourth-order valence-electron chi connectivity index (χ4n) is 2.96. The highest BCUT2D eigenvalue weighted by atomic mass is 16.4. The molecule has 2 unspecified atom stereocenters. The molecule has 0 rings (SSSR count). The molecule has 0 aromatic carbocycles. The Morgan fingerprint density at radius 2 is 1.40 bits per heavy atom. The van der Waals surface area contributed by atoms with Gasteiger partial charge in [-0.2, -0.15) is 0 Å². The number of hydrogen-bond donors (Lipinski definition) is 3. The molecule has 0 radical (unpaired) electrons. The van der Waals surface area contributed by atoms with Crippen LogP contribution < -0.4 is 0 Å². The van der Waals surface area contributed by atoms with E-state index in [9.17, 15) is 9.90 Å². The SMILES string of the molecule is CCCCCCC(O)CCCCCC/C=C/CCCC(CO)C(=O)O. The number of aliphatic hydroxyl groups is 2. The number of aliphatic carboxylic acids is 1. The third-order valence-electron chi connectivity index (χ3n) is 4.71. The summed E-state index contributed by atoms with van der Waals surface area (Å²) in [4.78, 5) is 10.7. The van der Waals surface area contributed by atoms with Gasteiger partial charge in [0.15, 0.2) is 0 Å². The number of rotatable bonds is 18. The van der Waals surface area contributed by atoms with Crippen LogP contribution in [0.5, 0.6) is 0 Å². The van der Waals surface area contributed by atoms with E-state index in [1.54, 1.807) is 0 Å². The van der Waals surface area contributed by atoms with Crippen molar-refractivity contribution in [1.82, 2.24) is 0 Å². The maximum absolute atomic E-state index is 10.7. The van der Waals surface area contributed by atoms with E-state index in [4.69, 9.17) is 10.2 Å². The van der Waals surface area contributed by atoms with Gasteiger partial charge in [-0.15, -0.1) is 0 Å². The lowest BCUT2D eigenvalue weighted by molar-refractivity contribution is -0.143. The first-order valence-electron chi connectivity index (χ1n) is 10.3. The number of carboxylic acid groups (broad SMARTS) is 1. The number of carbonyl (C=O) groups is 1. The maximum atomic E-state index is 10.7. The Balaban J connectivity index is 3.36. The van der Waals surface area contributed by atoms with Crippen LogP contribution in [0.15, 0.2) is 12.2 Å². The van der Waals surface area contributed by atoms with Crippen LogP contribution in [0.25, 0.3) is 0 Å². The fourth-order valence-corrected chi connectivity index (χ4v) is 2.96. The Hall–Kier alpha value is -0.870. The predicted octanol–water partition coefficient (Wildman–Crippen LogP) is 5.08. The van der Waals surface area contributed by atoms with E-state index in [1.807, 2.05) is 0 Å². The molecular formula is C21H40O4. The van der Waals surface area contributed by atoms with Gasteiger partial charge in [0, 0.05) is 0 Å². The Morgan fingerprint density at radius 3 is 1.96 bits per heavy atom. The molecule has 0 aromatic rings. The summed E-state index contributed by atoms with van der Waals surface area (Å²) in [5, 5.41) is 27.6. The van der Waals surface area contributed by atoms with E-state index in [0.717, 1.165) is 44.9 Å². The van der Waals surface area contributed by atoms with Gasteiger partial charge in [-0.05, 0) is 44.9 Å². The summed E-state index contributed by atoms with van der Waals surface area (Å²) in [7, 11) is 0. The second-order valence-electron chi connectivity index (χ2n) is 7.11. The number of carboxylic acids is 1. The van der Waals surface area contributed by atoms with Crippen molar-refractivity contribution >= 4 is 5.97 Å². The molecule has 0 aromatic heterocycles. The summed E-state index contributed by atoms with van der Waals surface area (Å²) in [5.74, 6) is -1.52. The second-order valence-corrected chi connectivity index (χ2v) is 7.11. The standard InChI is InChI=1S/C21H40O4/c1-2-3-4-13-16-20(23)17-14-11-9-7-5-6-8-10-12-15-19(18-22)21(24)25/h6,8,19-20,22-23H,2-5,7,9-18H2,1H3,(H,24,25)/b8-6+. The number of hydrogen-bond acceptors (Lipinski definition) is 3. The fraction of sp³-hybridized carbons (Fsp3) is 0.857. The molecule has 4 heteroatoms. The highest BCUT2D eigenvalue weighted by Gasteiger charge is 2.14. The normalized spacial score (nSPS) is 14.0. The van der Waals surface area contributed by atoms with Crippen LogP contribution in [-0.2, 0) is 4.79 Å². The zero-order chi connectivity index (χ0) is 18.8. The van der Waals surface area contributed by atoms with Crippen LogP contribution in [0.2, 0.25) is 0 Å². The summed E-state index contributed by atoms with van der Waals surface area (Å²) in [6, 6.07) is 0. The first-order chi connectivity index (χ1) is 12.1. The molecule has 0 heterocycles. The van der Waals surface area contributed by atoms with Gasteiger partial charge in [0.2, 0.25) is 0 Å². The van der Waals surface area contributed by atoms with Gasteiger partial charge in [0.25, 0.3) is 0 Å². The Bertz CT molecular complexity index is 328. The third-order valence-corrected chi connectivity index (χ3v) is 4.71. The second kappa shape index (κ2) is 17.9. The third kappa shape index (κ3) is 16.4. The average Bonchev–Trinajstić information content (AvgIpc) is 2.59. The van der Waals surface area contributed by atoms with E-state index in [0.29, 0.717) is 6.42 Å². The summed E-state index contributed by atoms with van der Waals surface area (Å²) in [6.07, 6.45) is 19.0. The molecule has 0 aliphatic rings. The van der Waals surface area contributed by atoms with E-state index in [2.05, 4.69) is 19.1 Å². The first kappa shape index (κ1) is 24.1. The predicted molar refractivity (Wildman–Crippen MR) is 104 cm³/mol. The minimum atomic E-state index is -0.905. The van der Waals surface area contributed by atoms with Crippen LogP contribution in [0, 0.1) is 5.92 Å². The molecule has 25 heavy (non-hydrogen) atoms. The zero-order valence-electron chi connectivity index (χ0n) is 16.2. The molecule has 0 amide bonds. The molecule has 0 saturated carbocycles. The van der Waals surface area contributed by atoms with Gasteiger partial charge in [0.05, 0.1) is 18.6 Å². The minimum absolute atomic E-state index is 0.106. The molecule has 0 bridgehead atoms. The topological polar surface area (TPSA) is 77.8 Å². The van der Waals surface area contributed by atoms with Crippen molar-refractivity contribution in [3.8, 4) is 0 Å². The van der Waals surface area contributed by atoms with E-state index >= 15 is 0 Å². The number of aliphatic hydroxyl groups excluding tert-OH is 2. The lowest BCUT2D eigenvalue weighted by atomic mass is 10.0. The van der Waals surface area contributed by atoms with Crippen molar-refractivity contribution < 1.29 is 20.1 Å². The van der Waals surface area contributed by atoms with Gasteiger partial charge < -0.3 is 15.3 Å². The lowest BCUT2D eigenvalue weighted by Gasteiger charge is -2.09. The highest BCUT2D eigenvalue weighted by molar-refractivity contribution is 5.69. The summed E-state index contributed by atoms with van der Waals surface area (Å²) < 4.78 is 0. The monoisotopic (exact) mass is 356 g/mol. The van der Waals surface area contributed by atoms with E-state index in [-0.39, 0.29) is 12.7 Å². The van der Waals surface area contributed by atoms with Crippen molar-refractivity contribution in [2.75, 3.05) is 6.61 Å². The van der Waals surface area contributed by atoms with Crippen LogP contribution >= 0.6 is 0 Å². The van der Waals surface area contributed by atoms with Gasteiger partial charge in [-0.3, -0.25) is 4.79 Å². The summed E-state index contributed by atoms with van der Waals surface area (Å²) in [5.41, 5.74) is 0. The molecule has 4 nitrogen and oxygen atoms in total. The molecule has 0 aliphatic carbocycles. The molecule has 2 atom stereocenters. The van der Waals surface area contributed by atoms with Crippen molar-refractivity contribution in [1.29, 1.82) is 0 Å². The van der Waals surface area contributed by atoms with E-state index < -0.39 is 11.9 Å². The quantitative estimate of drug-likeness (QED) is 0.236. The number of allylic oxidation sites excluding steroid dienone is 2. The molecule has 148 valence electrons. The lowest BCUT2D eigenvalue weighted by Crippen LogP contribution is -2.17. The van der Waals surface area contributed by atoms with Gasteiger partial charge in [-0.25, -0.2) is 0 Å². The minimum Gasteiger partial charge on any atom is -0.481 e. The molecule has 3 N–H and O–H groups in total. The zero-order valence-corrected chi connectivity index (χ0v) is 16.2. The van der Waals surface area contributed by atoms with Crippen molar-refractivity contribution in [2.45, 2.75) is 103 Å². The maximum Gasteiger partial charge on any atom is 0.308 e. The van der Waals surface area contributed by atoms with Gasteiger partial charge in [0.1, 0.15) is 0 Å². The Labute approximate surface area is 154 Å². The van der Waals surface area contributed by atoms with Crippen molar-refractivity contribution in [3.05, 3.63) is 12.2 Å². The largest absolute Gasteiger partial charge is 0.481 e. The summed E-state index contributed by atoms with van der Waals surface area (Å²) >= 11 is 0. The molecule has 0 saturated heterocycles. The molecule has 0 fully saturated rings. The van der Waals surface area contributed by atoms with Crippen molar-refractivity contribution in [3.63, 3.8) is 0 Å². The van der Waals surface area contributed by atoms with Crippen LogP contribution in [0.1, 0.15) is 96.8 Å². The molecule has 0 spiro atoms. The van der Waals surface area contributed by atoms with Crippen LogP contribution in [0.4, 0.5) is 0 Å². The Kier molecular flexibility index (Phi) is 17.3. The van der Waals surface area contributed by atoms with Gasteiger partial charge in [-0.1, -0.05) is 64.0 Å². The first-order valence-corrected chi connectivity index (χ1v) is 10.3. The number of unbranched alkanes of at least 4 members (excludes halogenated alkanes) is 8. The van der Waals surface area contributed by atoms with Gasteiger partial charge >= 0.3 is 5.97 Å². The van der Waals surface area contributed by atoms with Crippen LogP contribution in [-0.4, -0.2) is 34.0 Å².